The molecule has 0 aliphatic carbocycles. The van der Waals surface area contributed by atoms with Crippen LogP contribution in [0.2, 0.25) is 0 Å². The number of piperidine rings is 1. The van der Waals surface area contributed by atoms with Gasteiger partial charge in [-0.15, -0.1) is 0 Å². The van der Waals surface area contributed by atoms with E-state index in [2.05, 4.69) is 17.0 Å². The molecule has 3 nitrogen and oxygen atoms in total. The van der Waals surface area contributed by atoms with Crippen molar-refractivity contribution >= 4 is 0 Å². The average Bonchev–Trinajstić information content (AvgIpc) is 2.52. The first-order chi connectivity index (χ1) is 6.29. The lowest BCUT2D eigenvalue weighted by Gasteiger charge is -2.38. The van der Waals surface area contributed by atoms with Gasteiger partial charge in [-0.05, 0) is 39.3 Å². The van der Waals surface area contributed by atoms with Gasteiger partial charge in [0.25, 0.3) is 0 Å². The molecule has 3 heteroatoms. The van der Waals surface area contributed by atoms with E-state index in [4.69, 9.17) is 5.84 Å². The first kappa shape index (κ1) is 9.44. The van der Waals surface area contributed by atoms with E-state index >= 15 is 0 Å². The molecule has 0 spiro atoms. The fraction of sp³-hybridized carbons (Fsp3) is 1.00. The molecule has 2 heterocycles. The summed E-state index contributed by atoms with van der Waals surface area (Å²) in [4.78, 5) is 2.50. The Kier molecular flexibility index (Phi) is 2.86. The molecule has 2 unspecified atom stereocenters. The smallest absolute Gasteiger partial charge is 0.0397 e. The van der Waals surface area contributed by atoms with Crippen molar-refractivity contribution in [3.05, 3.63) is 0 Å². The lowest BCUT2D eigenvalue weighted by molar-refractivity contribution is 0.0931. The Balaban J connectivity index is 1.97. The number of hydrazine groups is 1. The van der Waals surface area contributed by atoms with E-state index in [1.54, 1.807) is 0 Å². The minimum atomic E-state index is 0.630. The summed E-state index contributed by atoms with van der Waals surface area (Å²) in [7, 11) is 2.25. The molecule has 13 heavy (non-hydrogen) atoms. The van der Waals surface area contributed by atoms with Gasteiger partial charge in [0.2, 0.25) is 0 Å². The third-order valence-corrected chi connectivity index (χ3v) is 3.61. The highest BCUT2D eigenvalue weighted by atomic mass is 15.4. The predicted octanol–water partition coefficient (Wildman–Crippen LogP) is 0.809. The number of likely N-dealkylation sites (tertiary alicyclic amines) is 1. The minimum absolute atomic E-state index is 0.630. The average molecular weight is 183 g/mol. The molecule has 76 valence electrons. The molecule has 0 aromatic carbocycles. The Morgan fingerprint density at radius 1 is 1.00 bits per heavy atom. The number of likely N-dealkylation sites (N-methyl/N-ethyl adjacent to an activating group) is 1. The maximum Gasteiger partial charge on any atom is 0.0397 e. The molecule has 0 amide bonds. The summed E-state index contributed by atoms with van der Waals surface area (Å²) in [6, 6.07) is 1.35. The van der Waals surface area contributed by atoms with Crippen molar-refractivity contribution in [2.75, 3.05) is 20.1 Å². The molecule has 2 rings (SSSR count). The molecule has 2 aliphatic heterocycles. The Labute approximate surface area is 80.8 Å². The summed E-state index contributed by atoms with van der Waals surface area (Å²) in [5.74, 6) is 5.98. The first-order valence-electron chi connectivity index (χ1n) is 5.50. The van der Waals surface area contributed by atoms with Crippen molar-refractivity contribution in [1.29, 1.82) is 0 Å². The number of nitrogens with two attached hydrogens (primary N) is 1. The van der Waals surface area contributed by atoms with Gasteiger partial charge >= 0.3 is 0 Å². The van der Waals surface area contributed by atoms with Crippen molar-refractivity contribution in [1.82, 2.24) is 9.91 Å². The summed E-state index contributed by atoms with van der Waals surface area (Å²) in [6.45, 7) is 2.35. The zero-order chi connectivity index (χ0) is 9.26. The van der Waals surface area contributed by atoms with Crippen LogP contribution in [0.15, 0.2) is 0 Å². The zero-order valence-corrected chi connectivity index (χ0v) is 8.58. The second-order valence-electron chi connectivity index (χ2n) is 4.49. The number of rotatable bonds is 1. The second kappa shape index (κ2) is 3.95. The van der Waals surface area contributed by atoms with Crippen molar-refractivity contribution in [2.45, 2.75) is 44.2 Å². The molecule has 2 N–H and O–H groups in total. The third kappa shape index (κ3) is 1.87. The van der Waals surface area contributed by atoms with E-state index in [0.29, 0.717) is 6.04 Å². The van der Waals surface area contributed by atoms with Crippen LogP contribution in [0.1, 0.15) is 32.1 Å². The van der Waals surface area contributed by atoms with Gasteiger partial charge in [0.05, 0.1) is 0 Å². The summed E-state index contributed by atoms with van der Waals surface area (Å²) in [6.07, 6.45) is 6.68. The number of hydrogen-bond donors (Lipinski definition) is 1. The summed E-state index contributed by atoms with van der Waals surface area (Å²) in [5.41, 5.74) is 0. The number of nitrogens with zero attached hydrogens (tertiary/aromatic N) is 2. The minimum Gasteiger partial charge on any atom is -0.302 e. The van der Waals surface area contributed by atoms with E-state index in [0.717, 1.165) is 12.6 Å². The van der Waals surface area contributed by atoms with Crippen molar-refractivity contribution in [3.63, 3.8) is 0 Å². The van der Waals surface area contributed by atoms with Crippen LogP contribution in [0, 0.1) is 0 Å². The molecule has 2 atom stereocenters. The van der Waals surface area contributed by atoms with E-state index in [1.165, 1.54) is 38.6 Å². The molecule has 0 radical (unpaired) electrons. The molecule has 2 saturated heterocycles. The fourth-order valence-electron chi connectivity index (χ4n) is 2.82. The van der Waals surface area contributed by atoms with Crippen molar-refractivity contribution in [2.24, 2.45) is 5.84 Å². The van der Waals surface area contributed by atoms with Crippen LogP contribution in [0.5, 0.6) is 0 Å². The normalized spacial score (nSPS) is 38.3. The summed E-state index contributed by atoms with van der Waals surface area (Å²) >= 11 is 0. The van der Waals surface area contributed by atoms with Crippen molar-refractivity contribution in [3.8, 4) is 0 Å². The fourth-order valence-corrected chi connectivity index (χ4v) is 2.82. The molecule has 0 aromatic rings. The van der Waals surface area contributed by atoms with Gasteiger partial charge in [0.1, 0.15) is 0 Å². The standard InChI is InChI=1S/C10H21N3/c1-12-7-3-2-5-9(12)10-6-4-8-13(10)11/h9-10H,2-8,11H2,1H3. The third-order valence-electron chi connectivity index (χ3n) is 3.61. The van der Waals surface area contributed by atoms with Crippen LogP contribution in [0.4, 0.5) is 0 Å². The van der Waals surface area contributed by atoms with E-state index in [1.807, 2.05) is 0 Å². The Morgan fingerprint density at radius 3 is 2.38 bits per heavy atom. The topological polar surface area (TPSA) is 32.5 Å². The quantitative estimate of drug-likeness (QED) is 0.611. The van der Waals surface area contributed by atoms with Crippen molar-refractivity contribution < 1.29 is 0 Å². The molecular weight excluding hydrogens is 162 g/mol. The van der Waals surface area contributed by atoms with Crippen LogP contribution >= 0.6 is 0 Å². The Morgan fingerprint density at radius 2 is 1.77 bits per heavy atom. The van der Waals surface area contributed by atoms with E-state index in [-0.39, 0.29) is 0 Å². The molecular formula is C10H21N3. The monoisotopic (exact) mass is 183 g/mol. The van der Waals surface area contributed by atoms with E-state index < -0.39 is 0 Å². The van der Waals surface area contributed by atoms with Gasteiger partial charge in [-0.1, -0.05) is 6.42 Å². The lowest BCUT2D eigenvalue weighted by Crippen LogP contribution is -2.51. The molecule has 2 fully saturated rings. The second-order valence-corrected chi connectivity index (χ2v) is 4.49. The SMILES string of the molecule is CN1CCCCC1C1CCCN1N. The van der Waals surface area contributed by atoms with Gasteiger partial charge < -0.3 is 4.90 Å². The highest BCUT2D eigenvalue weighted by molar-refractivity contribution is 4.89. The van der Waals surface area contributed by atoms with Crippen LogP contribution < -0.4 is 5.84 Å². The molecule has 0 saturated carbocycles. The van der Waals surface area contributed by atoms with Crippen LogP contribution in [-0.4, -0.2) is 42.1 Å². The van der Waals surface area contributed by atoms with Crippen LogP contribution in [-0.2, 0) is 0 Å². The Bertz CT molecular complexity index is 172. The molecule has 0 bridgehead atoms. The van der Waals surface area contributed by atoms with Gasteiger partial charge in [-0.3, -0.25) is 5.84 Å². The number of hydrogen-bond acceptors (Lipinski definition) is 3. The van der Waals surface area contributed by atoms with Gasteiger partial charge in [-0.25, -0.2) is 5.01 Å². The largest absolute Gasteiger partial charge is 0.302 e. The Hall–Kier alpha value is -0.120. The summed E-state index contributed by atoms with van der Waals surface area (Å²) < 4.78 is 0. The zero-order valence-electron chi connectivity index (χ0n) is 8.58. The summed E-state index contributed by atoms with van der Waals surface area (Å²) in [5, 5.41) is 2.06. The highest BCUT2D eigenvalue weighted by Gasteiger charge is 2.33. The highest BCUT2D eigenvalue weighted by Crippen LogP contribution is 2.26. The van der Waals surface area contributed by atoms with Gasteiger partial charge in [0.15, 0.2) is 0 Å². The van der Waals surface area contributed by atoms with Crippen LogP contribution in [0.25, 0.3) is 0 Å². The lowest BCUT2D eigenvalue weighted by atomic mass is 9.95. The first-order valence-corrected chi connectivity index (χ1v) is 5.50. The van der Waals surface area contributed by atoms with Crippen LogP contribution in [0.3, 0.4) is 0 Å². The predicted molar refractivity (Wildman–Crippen MR) is 54.2 cm³/mol. The van der Waals surface area contributed by atoms with Gasteiger partial charge in [0, 0.05) is 18.6 Å². The molecule has 0 aromatic heterocycles. The van der Waals surface area contributed by atoms with E-state index in [9.17, 15) is 0 Å². The van der Waals surface area contributed by atoms with Gasteiger partial charge in [-0.2, -0.15) is 0 Å². The maximum absolute atomic E-state index is 5.98. The maximum atomic E-state index is 5.98. The molecule has 2 aliphatic rings.